The summed E-state index contributed by atoms with van der Waals surface area (Å²) in [7, 11) is 0. The topological polar surface area (TPSA) is 69.6 Å². The van der Waals surface area contributed by atoms with Gasteiger partial charge in [-0.25, -0.2) is 4.98 Å². The molecule has 0 bridgehead atoms. The summed E-state index contributed by atoms with van der Waals surface area (Å²) < 4.78 is 0. The third-order valence-electron chi connectivity index (χ3n) is 8.01. The zero-order chi connectivity index (χ0) is 27.3. The van der Waals surface area contributed by atoms with Crippen LogP contribution in [-0.4, -0.2) is 81.8 Å². The summed E-state index contributed by atoms with van der Waals surface area (Å²) in [5, 5.41) is 0. The van der Waals surface area contributed by atoms with E-state index in [9.17, 15) is 9.59 Å². The summed E-state index contributed by atoms with van der Waals surface area (Å²) in [5.41, 5.74) is 4.96. The molecule has 0 atom stereocenters. The van der Waals surface area contributed by atoms with Gasteiger partial charge < -0.3 is 9.80 Å². The molecule has 2 aliphatic heterocycles. The molecule has 40 heavy (non-hydrogen) atoms. The van der Waals surface area contributed by atoms with E-state index in [1.165, 1.54) is 0 Å². The van der Waals surface area contributed by atoms with Gasteiger partial charge in [0.1, 0.15) is 0 Å². The first-order chi connectivity index (χ1) is 19.7. The summed E-state index contributed by atoms with van der Waals surface area (Å²) in [6, 6.07) is 27.9. The Morgan fingerprint density at radius 3 is 1.65 bits per heavy atom. The zero-order valence-electron chi connectivity index (χ0n) is 22.5. The summed E-state index contributed by atoms with van der Waals surface area (Å²) >= 11 is 0. The number of hydrogen-bond acceptors (Lipinski definition) is 5. The molecule has 202 valence electrons. The number of hydrogen-bond donors (Lipinski definition) is 0. The van der Waals surface area contributed by atoms with E-state index >= 15 is 0 Å². The second-order valence-corrected chi connectivity index (χ2v) is 10.4. The second-order valence-electron chi connectivity index (χ2n) is 10.4. The fourth-order valence-corrected chi connectivity index (χ4v) is 5.75. The van der Waals surface area contributed by atoms with Gasteiger partial charge in [0.25, 0.3) is 11.8 Å². The molecule has 0 saturated carbocycles. The van der Waals surface area contributed by atoms with Crippen LogP contribution in [0.1, 0.15) is 33.6 Å². The lowest BCUT2D eigenvalue weighted by Crippen LogP contribution is -2.54. The first kappa shape index (κ1) is 25.9. The quantitative estimate of drug-likeness (QED) is 0.367. The lowest BCUT2D eigenvalue weighted by molar-refractivity contribution is 0.0412. The Balaban J connectivity index is 1.11. The maximum Gasteiger partial charge on any atom is 0.254 e. The molecule has 7 nitrogen and oxygen atoms in total. The van der Waals surface area contributed by atoms with Gasteiger partial charge in [-0.15, -0.1) is 0 Å². The summed E-state index contributed by atoms with van der Waals surface area (Å²) in [6.45, 7) is 4.59. The molecular weight excluding hydrogens is 498 g/mol. The Labute approximate surface area is 235 Å². The number of piperazine rings is 1. The van der Waals surface area contributed by atoms with E-state index < -0.39 is 0 Å². The fraction of sp³-hybridized carbons (Fsp3) is 0.273. The molecule has 2 aliphatic rings. The molecule has 2 aromatic carbocycles. The number of piperidine rings is 1. The van der Waals surface area contributed by atoms with Gasteiger partial charge in [-0.1, -0.05) is 60.7 Å². The predicted molar refractivity (Wildman–Crippen MR) is 156 cm³/mol. The molecule has 0 N–H and O–H groups in total. The van der Waals surface area contributed by atoms with Gasteiger partial charge in [0.2, 0.25) is 0 Å². The van der Waals surface area contributed by atoms with Crippen LogP contribution >= 0.6 is 0 Å². The number of aromatic nitrogens is 2. The molecule has 0 spiro atoms. The van der Waals surface area contributed by atoms with Crippen LogP contribution < -0.4 is 0 Å². The van der Waals surface area contributed by atoms with Crippen molar-refractivity contribution >= 4 is 11.8 Å². The average molecular weight is 532 g/mol. The highest BCUT2D eigenvalue weighted by atomic mass is 16.2. The van der Waals surface area contributed by atoms with Crippen molar-refractivity contribution < 1.29 is 9.59 Å². The highest BCUT2D eigenvalue weighted by molar-refractivity contribution is 5.96. The van der Waals surface area contributed by atoms with Crippen LogP contribution in [0.2, 0.25) is 0 Å². The Bertz CT molecular complexity index is 1390. The van der Waals surface area contributed by atoms with Gasteiger partial charge >= 0.3 is 0 Å². The van der Waals surface area contributed by atoms with E-state index in [-0.39, 0.29) is 11.8 Å². The van der Waals surface area contributed by atoms with E-state index in [0.29, 0.717) is 30.3 Å². The molecular formula is C33H33N5O2. The van der Waals surface area contributed by atoms with Crippen LogP contribution in [0.3, 0.4) is 0 Å². The smallest absolute Gasteiger partial charge is 0.254 e. The van der Waals surface area contributed by atoms with Gasteiger partial charge in [-0.05, 0) is 37.1 Å². The second kappa shape index (κ2) is 11.8. The summed E-state index contributed by atoms with van der Waals surface area (Å²) in [6.07, 6.45) is 5.24. The van der Waals surface area contributed by atoms with Crippen molar-refractivity contribution in [2.75, 3.05) is 39.3 Å². The maximum atomic E-state index is 13.7. The minimum Gasteiger partial charge on any atom is -0.339 e. The number of carbonyl (C=O) groups excluding carboxylic acids is 2. The van der Waals surface area contributed by atoms with Gasteiger partial charge in [-0.3, -0.25) is 19.5 Å². The van der Waals surface area contributed by atoms with E-state index in [2.05, 4.69) is 9.88 Å². The highest BCUT2D eigenvalue weighted by Crippen LogP contribution is 2.26. The first-order valence-electron chi connectivity index (χ1n) is 14.0. The van der Waals surface area contributed by atoms with E-state index in [1.54, 1.807) is 24.5 Å². The number of amides is 2. The fourth-order valence-electron chi connectivity index (χ4n) is 5.75. The highest BCUT2D eigenvalue weighted by Gasteiger charge is 2.31. The normalized spacial score (nSPS) is 16.6. The largest absolute Gasteiger partial charge is 0.339 e. The molecule has 0 radical (unpaired) electrons. The molecule has 2 fully saturated rings. The van der Waals surface area contributed by atoms with Crippen molar-refractivity contribution in [2.24, 2.45) is 0 Å². The number of benzene rings is 2. The standard InChI is InChI=1S/C33H33N5O2/c39-32(27-11-15-34-16-12-27)37-17-13-29(14-18-37)36-19-21-38(22-20-36)33(40)28-23-30(25-7-3-1-4-8-25)35-31(24-28)26-9-5-2-6-10-26/h1-12,15-16,23-24,29H,13-14,17-22H2. The number of carbonyl (C=O) groups is 2. The van der Waals surface area contributed by atoms with Crippen molar-refractivity contribution in [1.82, 2.24) is 24.7 Å². The van der Waals surface area contributed by atoms with Crippen LogP contribution in [0.5, 0.6) is 0 Å². The molecule has 4 aromatic rings. The van der Waals surface area contributed by atoms with Crippen LogP contribution in [0.4, 0.5) is 0 Å². The minimum atomic E-state index is 0.0502. The van der Waals surface area contributed by atoms with Crippen molar-refractivity contribution in [3.05, 3.63) is 108 Å². The molecule has 2 aromatic heterocycles. The Hall–Kier alpha value is -4.36. The third kappa shape index (κ3) is 5.65. The van der Waals surface area contributed by atoms with Gasteiger partial charge in [0.15, 0.2) is 0 Å². The number of likely N-dealkylation sites (tertiary alicyclic amines) is 1. The van der Waals surface area contributed by atoms with Gasteiger partial charge in [-0.2, -0.15) is 0 Å². The summed E-state index contributed by atoms with van der Waals surface area (Å²) in [5.74, 6) is 0.132. The van der Waals surface area contributed by atoms with Crippen LogP contribution in [0, 0.1) is 0 Å². The van der Waals surface area contributed by atoms with E-state index in [4.69, 9.17) is 4.98 Å². The monoisotopic (exact) mass is 531 g/mol. The third-order valence-corrected chi connectivity index (χ3v) is 8.01. The Morgan fingerprint density at radius 1 is 0.600 bits per heavy atom. The average Bonchev–Trinajstić information content (AvgIpc) is 3.05. The zero-order valence-corrected chi connectivity index (χ0v) is 22.5. The number of nitrogens with zero attached hydrogens (tertiary/aromatic N) is 5. The van der Waals surface area contributed by atoms with E-state index in [0.717, 1.165) is 61.5 Å². The van der Waals surface area contributed by atoms with Crippen molar-refractivity contribution in [1.29, 1.82) is 0 Å². The molecule has 0 unspecified atom stereocenters. The minimum absolute atomic E-state index is 0.0502. The van der Waals surface area contributed by atoms with E-state index in [1.807, 2.05) is 82.6 Å². The molecule has 2 amide bonds. The van der Waals surface area contributed by atoms with Crippen LogP contribution in [0.25, 0.3) is 22.5 Å². The Morgan fingerprint density at radius 2 is 1.10 bits per heavy atom. The molecule has 7 heteroatoms. The van der Waals surface area contributed by atoms with Crippen LogP contribution in [0.15, 0.2) is 97.3 Å². The molecule has 4 heterocycles. The lowest BCUT2D eigenvalue weighted by Gasteiger charge is -2.42. The number of pyridine rings is 2. The van der Waals surface area contributed by atoms with Gasteiger partial charge in [0.05, 0.1) is 11.4 Å². The van der Waals surface area contributed by atoms with Gasteiger partial charge in [0, 0.05) is 80.0 Å². The molecule has 6 rings (SSSR count). The maximum absolute atomic E-state index is 13.7. The van der Waals surface area contributed by atoms with Crippen molar-refractivity contribution in [2.45, 2.75) is 18.9 Å². The predicted octanol–water partition coefficient (Wildman–Crippen LogP) is 4.87. The Kier molecular flexibility index (Phi) is 7.64. The first-order valence-corrected chi connectivity index (χ1v) is 14.0. The lowest BCUT2D eigenvalue weighted by atomic mass is 10.0. The van der Waals surface area contributed by atoms with Crippen LogP contribution in [-0.2, 0) is 0 Å². The van der Waals surface area contributed by atoms with Crippen molar-refractivity contribution in [3.8, 4) is 22.5 Å². The van der Waals surface area contributed by atoms with Crippen molar-refractivity contribution in [3.63, 3.8) is 0 Å². The molecule has 2 saturated heterocycles. The molecule has 0 aliphatic carbocycles. The number of rotatable bonds is 5. The SMILES string of the molecule is O=C(c1ccncc1)N1CCC(N2CCN(C(=O)c3cc(-c4ccccc4)nc(-c4ccccc4)c3)CC2)CC1. The summed E-state index contributed by atoms with van der Waals surface area (Å²) in [4.78, 5) is 41.9.